The molecule has 2 aliphatic heterocycles. The number of thiazole rings is 1. The molecule has 3 heterocycles. The van der Waals surface area contributed by atoms with Gasteiger partial charge in [-0.2, -0.15) is 0 Å². The van der Waals surface area contributed by atoms with Crippen LogP contribution in [0.15, 0.2) is 88.7 Å². The Hall–Kier alpha value is -3.69. The standard InChI is InChI=1S/C25H16N2O5S2/c28-24-20-19(17-13-16(27(30)31)11-12-18(17)32-24)22-23(33-21(20)14-7-3-1-4-8-14)26(25(29)34-22)15-9-5-2-6-10-15/h1-13,19-21H/t19-,20-,21+/m1/s1. The van der Waals surface area contributed by atoms with E-state index in [1.165, 1.54) is 30.0 Å². The summed E-state index contributed by atoms with van der Waals surface area (Å²) >= 11 is 2.55. The number of non-ortho nitro benzene ring substituents is 1. The molecule has 0 N–H and O–H groups in total. The Morgan fingerprint density at radius 3 is 2.35 bits per heavy atom. The molecular weight excluding hydrogens is 472 g/mol. The van der Waals surface area contributed by atoms with Crippen molar-refractivity contribution in [1.82, 2.24) is 4.57 Å². The fourth-order valence-corrected chi connectivity index (χ4v) is 7.56. The van der Waals surface area contributed by atoms with Gasteiger partial charge in [0.15, 0.2) is 0 Å². The van der Waals surface area contributed by atoms with E-state index in [2.05, 4.69) is 0 Å². The molecule has 0 saturated carbocycles. The van der Waals surface area contributed by atoms with Crippen LogP contribution in [0.2, 0.25) is 0 Å². The van der Waals surface area contributed by atoms with Crippen molar-refractivity contribution in [2.24, 2.45) is 5.92 Å². The number of aromatic nitrogens is 1. The lowest BCUT2D eigenvalue weighted by Gasteiger charge is -2.39. The number of rotatable bonds is 3. The summed E-state index contributed by atoms with van der Waals surface area (Å²) in [5, 5.41) is 12.0. The Bertz CT molecular complexity index is 1500. The van der Waals surface area contributed by atoms with Gasteiger partial charge in [0.05, 0.1) is 26.8 Å². The third-order valence-electron chi connectivity index (χ3n) is 6.16. The summed E-state index contributed by atoms with van der Waals surface area (Å²) in [6, 6.07) is 23.3. The minimum atomic E-state index is -0.628. The molecule has 0 fully saturated rings. The third-order valence-corrected chi connectivity index (χ3v) is 8.76. The first-order valence-electron chi connectivity index (χ1n) is 10.6. The van der Waals surface area contributed by atoms with Crippen LogP contribution in [-0.4, -0.2) is 15.5 Å². The smallest absolute Gasteiger partial charge is 0.316 e. The zero-order valence-corrected chi connectivity index (χ0v) is 19.1. The van der Waals surface area contributed by atoms with Crippen molar-refractivity contribution >= 4 is 34.8 Å². The summed E-state index contributed by atoms with van der Waals surface area (Å²) in [7, 11) is 0. The average Bonchev–Trinajstić information content (AvgIpc) is 3.19. The van der Waals surface area contributed by atoms with Crippen LogP contribution in [0, 0.1) is 16.0 Å². The summed E-state index contributed by atoms with van der Waals surface area (Å²) in [6.45, 7) is 0. The van der Waals surface area contributed by atoms with E-state index in [4.69, 9.17) is 4.74 Å². The van der Waals surface area contributed by atoms with Gasteiger partial charge in [-0.3, -0.25) is 24.3 Å². The first-order chi connectivity index (χ1) is 16.5. The quantitative estimate of drug-likeness (QED) is 0.168. The minimum Gasteiger partial charge on any atom is -0.426 e. The van der Waals surface area contributed by atoms with Crippen molar-refractivity contribution in [1.29, 1.82) is 0 Å². The van der Waals surface area contributed by atoms with Gasteiger partial charge in [0.2, 0.25) is 0 Å². The van der Waals surface area contributed by atoms with E-state index in [0.717, 1.165) is 32.5 Å². The zero-order valence-electron chi connectivity index (χ0n) is 17.5. The van der Waals surface area contributed by atoms with Crippen molar-refractivity contribution in [2.45, 2.75) is 16.2 Å². The molecule has 2 aliphatic rings. The van der Waals surface area contributed by atoms with E-state index in [9.17, 15) is 19.7 Å². The maximum absolute atomic E-state index is 13.3. The molecule has 1 aromatic heterocycles. The number of nitro groups is 1. The fourth-order valence-electron chi connectivity index (χ4n) is 4.69. The van der Waals surface area contributed by atoms with Crippen LogP contribution in [-0.2, 0) is 4.79 Å². The summed E-state index contributed by atoms with van der Waals surface area (Å²) in [5.41, 5.74) is 2.14. The number of esters is 1. The van der Waals surface area contributed by atoms with Crippen LogP contribution in [0.3, 0.4) is 0 Å². The van der Waals surface area contributed by atoms with Crippen molar-refractivity contribution < 1.29 is 14.5 Å². The van der Waals surface area contributed by atoms with Crippen LogP contribution >= 0.6 is 23.1 Å². The first kappa shape index (κ1) is 20.9. The Morgan fingerprint density at radius 1 is 0.941 bits per heavy atom. The SMILES string of the molecule is O=C1Oc2ccc([N+](=O)[O-])cc2[C@H]2c3sc(=O)n(-c4ccccc4)c3S[C@@H](c3ccccc3)[C@H]12. The molecule has 0 saturated heterocycles. The molecule has 168 valence electrons. The Kier molecular flexibility index (Phi) is 4.89. The van der Waals surface area contributed by atoms with Gasteiger partial charge < -0.3 is 4.74 Å². The number of carbonyl (C=O) groups is 1. The van der Waals surface area contributed by atoms with Crippen LogP contribution in [0.4, 0.5) is 5.69 Å². The second-order valence-corrected chi connectivity index (χ2v) is 10.2. The van der Waals surface area contributed by atoms with Crippen molar-refractivity contribution in [3.8, 4) is 11.4 Å². The van der Waals surface area contributed by atoms with Gasteiger partial charge in [-0.25, -0.2) is 0 Å². The number of para-hydroxylation sites is 1. The summed E-state index contributed by atoms with van der Waals surface area (Å²) in [6.07, 6.45) is 0. The highest BCUT2D eigenvalue weighted by Crippen LogP contribution is 2.59. The molecule has 3 atom stereocenters. The van der Waals surface area contributed by atoms with Gasteiger partial charge >= 0.3 is 10.8 Å². The third kappa shape index (κ3) is 3.19. The van der Waals surface area contributed by atoms with Gasteiger partial charge in [0, 0.05) is 28.5 Å². The number of fused-ring (bicyclic) bond motifs is 5. The predicted octanol–water partition coefficient (Wildman–Crippen LogP) is 5.32. The van der Waals surface area contributed by atoms with Crippen LogP contribution in [0.1, 0.15) is 27.2 Å². The number of ether oxygens (including phenoxy) is 1. The van der Waals surface area contributed by atoms with E-state index in [0.29, 0.717) is 11.3 Å². The van der Waals surface area contributed by atoms with Gasteiger partial charge in [-0.1, -0.05) is 71.6 Å². The van der Waals surface area contributed by atoms with Crippen molar-refractivity contribution in [2.75, 3.05) is 0 Å². The summed E-state index contributed by atoms with van der Waals surface area (Å²) in [4.78, 5) is 38.2. The second-order valence-electron chi connectivity index (χ2n) is 8.06. The molecule has 9 heteroatoms. The Labute approximate surface area is 201 Å². The number of benzene rings is 3. The molecular formula is C25H16N2O5S2. The van der Waals surface area contributed by atoms with E-state index < -0.39 is 22.7 Å². The van der Waals surface area contributed by atoms with Gasteiger partial charge in [-0.05, 0) is 23.8 Å². The molecule has 0 spiro atoms. The summed E-state index contributed by atoms with van der Waals surface area (Å²) < 4.78 is 7.34. The number of nitrogens with zero attached hydrogens (tertiary/aromatic N) is 2. The zero-order chi connectivity index (χ0) is 23.4. The maximum Gasteiger partial charge on any atom is 0.316 e. The molecule has 0 unspecified atom stereocenters. The number of carbonyl (C=O) groups excluding carboxylic acids is 1. The van der Waals surface area contributed by atoms with E-state index in [1.807, 2.05) is 60.7 Å². The normalized spacial score (nSPS) is 20.6. The second kappa shape index (κ2) is 7.96. The lowest BCUT2D eigenvalue weighted by Crippen LogP contribution is -2.37. The van der Waals surface area contributed by atoms with Gasteiger partial charge in [0.25, 0.3) is 5.69 Å². The Morgan fingerprint density at radius 2 is 1.65 bits per heavy atom. The minimum absolute atomic E-state index is 0.0821. The number of hydrogen-bond donors (Lipinski definition) is 0. The molecule has 0 radical (unpaired) electrons. The maximum atomic E-state index is 13.3. The predicted molar refractivity (Wildman–Crippen MR) is 129 cm³/mol. The van der Waals surface area contributed by atoms with Crippen molar-refractivity contribution in [3.05, 3.63) is 115 Å². The lowest BCUT2D eigenvalue weighted by atomic mass is 9.78. The van der Waals surface area contributed by atoms with Crippen LogP contribution < -0.4 is 9.61 Å². The van der Waals surface area contributed by atoms with E-state index >= 15 is 0 Å². The highest BCUT2D eigenvalue weighted by atomic mass is 32.2. The van der Waals surface area contributed by atoms with Crippen LogP contribution in [0.25, 0.3) is 5.69 Å². The lowest BCUT2D eigenvalue weighted by molar-refractivity contribution is -0.385. The monoisotopic (exact) mass is 488 g/mol. The average molecular weight is 489 g/mol. The molecule has 34 heavy (non-hydrogen) atoms. The molecule has 0 bridgehead atoms. The first-order valence-corrected chi connectivity index (χ1v) is 12.3. The van der Waals surface area contributed by atoms with E-state index in [1.54, 1.807) is 4.57 Å². The molecule has 0 amide bonds. The molecule has 0 aliphatic carbocycles. The highest BCUT2D eigenvalue weighted by Gasteiger charge is 2.50. The van der Waals surface area contributed by atoms with Gasteiger partial charge in [-0.15, -0.1) is 0 Å². The number of hydrogen-bond acceptors (Lipinski definition) is 7. The number of nitro benzene ring substituents is 1. The number of thioether (sulfide) groups is 1. The highest BCUT2D eigenvalue weighted by molar-refractivity contribution is 7.99. The topological polar surface area (TPSA) is 91.4 Å². The van der Waals surface area contributed by atoms with Crippen molar-refractivity contribution in [3.63, 3.8) is 0 Å². The fraction of sp³-hybridized carbons (Fsp3) is 0.120. The molecule has 7 nitrogen and oxygen atoms in total. The summed E-state index contributed by atoms with van der Waals surface area (Å²) in [5.74, 6) is -1.25. The Balaban J connectivity index is 1.63. The largest absolute Gasteiger partial charge is 0.426 e. The molecule has 3 aromatic carbocycles. The van der Waals surface area contributed by atoms with E-state index in [-0.39, 0.29) is 15.8 Å². The van der Waals surface area contributed by atoms with Crippen LogP contribution in [0.5, 0.6) is 5.75 Å². The molecule has 6 rings (SSSR count). The molecule has 4 aromatic rings. The van der Waals surface area contributed by atoms with Gasteiger partial charge in [0.1, 0.15) is 5.75 Å².